The monoisotopic (exact) mass is 285 g/mol. The van der Waals surface area contributed by atoms with E-state index >= 15 is 0 Å². The first kappa shape index (κ1) is 16.9. The van der Waals surface area contributed by atoms with Crippen LogP contribution in [0.2, 0.25) is 0 Å². The van der Waals surface area contributed by atoms with E-state index in [9.17, 15) is 8.78 Å². The molecule has 20 heavy (non-hydrogen) atoms. The highest BCUT2D eigenvalue weighted by Gasteiger charge is 2.12. The van der Waals surface area contributed by atoms with E-state index < -0.39 is 11.6 Å². The summed E-state index contributed by atoms with van der Waals surface area (Å²) in [5.41, 5.74) is 0.590. The number of hydrogen-bond donors (Lipinski definition) is 1. The van der Waals surface area contributed by atoms with Crippen LogP contribution in [-0.4, -0.2) is 12.6 Å². The van der Waals surface area contributed by atoms with E-state index in [2.05, 4.69) is 12.2 Å². The molecule has 0 spiro atoms. The van der Waals surface area contributed by atoms with Gasteiger partial charge in [0.15, 0.2) is 17.4 Å². The Hall–Kier alpha value is -1.16. The Labute approximate surface area is 120 Å². The van der Waals surface area contributed by atoms with Gasteiger partial charge >= 0.3 is 0 Å². The highest BCUT2D eigenvalue weighted by Crippen LogP contribution is 2.23. The highest BCUT2D eigenvalue weighted by molar-refractivity contribution is 5.31. The van der Waals surface area contributed by atoms with Crippen LogP contribution >= 0.6 is 0 Å². The zero-order valence-electron chi connectivity index (χ0n) is 12.6. The van der Waals surface area contributed by atoms with Crippen molar-refractivity contribution < 1.29 is 13.5 Å². The van der Waals surface area contributed by atoms with Crippen molar-refractivity contribution in [2.75, 3.05) is 6.61 Å². The van der Waals surface area contributed by atoms with Crippen LogP contribution in [0.15, 0.2) is 12.1 Å². The van der Waals surface area contributed by atoms with E-state index in [1.807, 2.05) is 13.8 Å². The first-order valence-electron chi connectivity index (χ1n) is 7.38. The summed E-state index contributed by atoms with van der Waals surface area (Å²) in [6, 6.07) is 2.94. The summed E-state index contributed by atoms with van der Waals surface area (Å²) in [7, 11) is 0. The fourth-order valence-corrected chi connectivity index (χ4v) is 1.88. The summed E-state index contributed by atoms with van der Waals surface area (Å²) in [5, 5.41) is 3.13. The zero-order chi connectivity index (χ0) is 15.0. The maximum atomic E-state index is 13.8. The number of unbranched alkanes of at least 4 members (excludes halogenated alkanes) is 3. The van der Waals surface area contributed by atoms with Gasteiger partial charge in [0.1, 0.15) is 0 Å². The Morgan fingerprint density at radius 1 is 1.10 bits per heavy atom. The van der Waals surface area contributed by atoms with Crippen molar-refractivity contribution in [3.63, 3.8) is 0 Å². The van der Waals surface area contributed by atoms with Crippen LogP contribution in [0, 0.1) is 11.6 Å². The summed E-state index contributed by atoms with van der Waals surface area (Å²) >= 11 is 0. The van der Waals surface area contributed by atoms with Crippen LogP contribution in [0.4, 0.5) is 8.78 Å². The van der Waals surface area contributed by atoms with Gasteiger partial charge in [0.25, 0.3) is 0 Å². The maximum Gasteiger partial charge on any atom is 0.190 e. The highest BCUT2D eigenvalue weighted by atomic mass is 19.1. The zero-order valence-corrected chi connectivity index (χ0v) is 12.6. The van der Waals surface area contributed by atoms with Gasteiger partial charge in [-0.25, -0.2) is 8.78 Å². The molecule has 1 aromatic rings. The molecule has 0 heterocycles. The van der Waals surface area contributed by atoms with Crippen molar-refractivity contribution in [3.8, 4) is 5.75 Å². The first-order chi connectivity index (χ1) is 9.54. The molecule has 0 aliphatic carbocycles. The first-order valence-corrected chi connectivity index (χ1v) is 7.38. The maximum absolute atomic E-state index is 13.8. The molecule has 1 rings (SSSR count). The summed E-state index contributed by atoms with van der Waals surface area (Å²) in [5.74, 6) is -1.50. The molecule has 0 amide bonds. The molecule has 0 saturated carbocycles. The molecule has 0 unspecified atom stereocenters. The van der Waals surface area contributed by atoms with E-state index in [0.717, 1.165) is 25.7 Å². The van der Waals surface area contributed by atoms with Gasteiger partial charge in [0, 0.05) is 12.6 Å². The predicted molar refractivity (Wildman–Crippen MR) is 78.0 cm³/mol. The Kier molecular flexibility index (Phi) is 7.52. The van der Waals surface area contributed by atoms with E-state index in [0.29, 0.717) is 18.7 Å². The number of rotatable bonds is 9. The number of hydrogen-bond acceptors (Lipinski definition) is 2. The van der Waals surface area contributed by atoms with Gasteiger partial charge in [-0.1, -0.05) is 40.0 Å². The molecule has 4 heteroatoms. The normalized spacial score (nSPS) is 11.1. The van der Waals surface area contributed by atoms with Gasteiger partial charge in [-0.2, -0.15) is 0 Å². The fourth-order valence-electron chi connectivity index (χ4n) is 1.88. The predicted octanol–water partition coefficient (Wildman–Crippen LogP) is 4.42. The van der Waals surface area contributed by atoms with Crippen molar-refractivity contribution in [2.45, 2.75) is 59.0 Å². The standard InChI is InChI=1S/C16H25F2NO/c1-4-5-6-7-8-20-16-14(17)9-13(10-15(16)18)11-19-12(2)3/h9-10,12,19H,4-8,11H2,1-3H3. The van der Waals surface area contributed by atoms with Crippen molar-refractivity contribution in [1.82, 2.24) is 5.32 Å². The molecule has 114 valence electrons. The van der Waals surface area contributed by atoms with Crippen LogP contribution < -0.4 is 10.1 Å². The van der Waals surface area contributed by atoms with E-state index in [-0.39, 0.29) is 11.8 Å². The van der Waals surface area contributed by atoms with Crippen LogP contribution in [0.25, 0.3) is 0 Å². The van der Waals surface area contributed by atoms with Crippen molar-refractivity contribution >= 4 is 0 Å². The largest absolute Gasteiger partial charge is 0.488 e. The molecule has 0 fully saturated rings. The van der Waals surface area contributed by atoms with E-state index in [1.165, 1.54) is 12.1 Å². The summed E-state index contributed by atoms with van der Waals surface area (Å²) in [6.45, 7) is 6.89. The molecular weight excluding hydrogens is 260 g/mol. The van der Waals surface area contributed by atoms with Gasteiger partial charge in [-0.15, -0.1) is 0 Å². The second-order valence-electron chi connectivity index (χ2n) is 5.33. The number of benzene rings is 1. The molecule has 0 bridgehead atoms. The minimum absolute atomic E-state index is 0.255. The van der Waals surface area contributed by atoms with E-state index in [1.54, 1.807) is 0 Å². The molecule has 0 saturated heterocycles. The molecule has 2 nitrogen and oxygen atoms in total. The second kappa shape index (κ2) is 8.90. The van der Waals surface area contributed by atoms with Crippen LogP contribution in [0.1, 0.15) is 52.0 Å². The molecule has 1 aromatic carbocycles. The Balaban J connectivity index is 2.55. The average Bonchev–Trinajstić information content (AvgIpc) is 2.38. The van der Waals surface area contributed by atoms with Crippen LogP contribution in [-0.2, 0) is 6.54 Å². The summed E-state index contributed by atoms with van der Waals surface area (Å²) < 4.78 is 32.9. The van der Waals surface area contributed by atoms with Crippen LogP contribution in [0.3, 0.4) is 0 Å². The molecule has 0 aliphatic rings. The molecule has 0 aliphatic heterocycles. The molecule has 0 atom stereocenters. The second-order valence-corrected chi connectivity index (χ2v) is 5.33. The lowest BCUT2D eigenvalue weighted by molar-refractivity contribution is 0.275. The van der Waals surface area contributed by atoms with Crippen molar-refractivity contribution in [3.05, 3.63) is 29.3 Å². The molecule has 1 N–H and O–H groups in total. The Morgan fingerprint density at radius 2 is 1.75 bits per heavy atom. The lowest BCUT2D eigenvalue weighted by atomic mass is 10.2. The molecule has 0 radical (unpaired) electrons. The SMILES string of the molecule is CCCCCCOc1c(F)cc(CNC(C)C)cc1F. The minimum atomic E-state index is -0.624. The quantitative estimate of drug-likeness (QED) is 0.678. The summed E-state index contributed by atoms with van der Waals surface area (Å²) in [4.78, 5) is 0. The van der Waals surface area contributed by atoms with Crippen molar-refractivity contribution in [1.29, 1.82) is 0 Å². The topological polar surface area (TPSA) is 21.3 Å². The minimum Gasteiger partial charge on any atom is -0.488 e. The lowest BCUT2D eigenvalue weighted by Gasteiger charge is -2.12. The molecular formula is C16H25F2NO. The fraction of sp³-hybridized carbons (Fsp3) is 0.625. The smallest absolute Gasteiger partial charge is 0.190 e. The van der Waals surface area contributed by atoms with E-state index in [4.69, 9.17) is 4.74 Å². The van der Waals surface area contributed by atoms with Gasteiger partial charge in [0.2, 0.25) is 0 Å². The number of nitrogens with one attached hydrogen (secondary N) is 1. The third-order valence-corrected chi connectivity index (χ3v) is 3.02. The molecule has 0 aromatic heterocycles. The van der Waals surface area contributed by atoms with Gasteiger partial charge < -0.3 is 10.1 Å². The lowest BCUT2D eigenvalue weighted by Crippen LogP contribution is -2.22. The third kappa shape index (κ3) is 5.87. The summed E-state index contributed by atoms with van der Waals surface area (Å²) in [6.07, 6.45) is 4.09. The Morgan fingerprint density at radius 3 is 2.30 bits per heavy atom. The third-order valence-electron chi connectivity index (χ3n) is 3.02. The number of ether oxygens (including phenoxy) is 1. The van der Waals surface area contributed by atoms with Gasteiger partial charge in [0.05, 0.1) is 6.61 Å². The van der Waals surface area contributed by atoms with Crippen molar-refractivity contribution in [2.24, 2.45) is 0 Å². The van der Waals surface area contributed by atoms with Crippen LogP contribution in [0.5, 0.6) is 5.75 Å². The van der Waals surface area contributed by atoms with Gasteiger partial charge in [-0.3, -0.25) is 0 Å². The number of halogens is 2. The average molecular weight is 285 g/mol. The Bertz CT molecular complexity index is 384. The van der Waals surface area contributed by atoms with Gasteiger partial charge in [-0.05, 0) is 24.1 Å².